The van der Waals surface area contributed by atoms with Gasteiger partial charge < -0.3 is 9.64 Å². The molecule has 0 amide bonds. The third-order valence-corrected chi connectivity index (χ3v) is 5.23. The maximum absolute atomic E-state index is 5.99. The first-order valence-electron chi connectivity index (χ1n) is 9.20. The highest BCUT2D eigenvalue weighted by atomic mass is 16.5. The lowest BCUT2D eigenvalue weighted by Gasteiger charge is -2.27. The first-order valence-corrected chi connectivity index (χ1v) is 9.20. The van der Waals surface area contributed by atoms with Crippen LogP contribution in [0.25, 0.3) is 11.4 Å². The van der Waals surface area contributed by atoms with E-state index in [1.807, 2.05) is 6.07 Å². The van der Waals surface area contributed by atoms with E-state index < -0.39 is 0 Å². The van der Waals surface area contributed by atoms with E-state index >= 15 is 0 Å². The van der Waals surface area contributed by atoms with Gasteiger partial charge in [-0.15, -0.1) is 10.2 Å². The van der Waals surface area contributed by atoms with Crippen molar-refractivity contribution < 1.29 is 4.74 Å². The van der Waals surface area contributed by atoms with E-state index in [1.54, 1.807) is 0 Å². The monoisotopic (exact) mass is 326 g/mol. The van der Waals surface area contributed by atoms with E-state index in [4.69, 9.17) is 4.74 Å². The van der Waals surface area contributed by atoms with Gasteiger partial charge in [0.05, 0.1) is 12.6 Å². The van der Waals surface area contributed by atoms with Crippen molar-refractivity contribution in [3.8, 4) is 11.4 Å². The Hall–Kier alpha value is -1.88. The molecule has 0 bridgehead atoms. The number of nitrogens with zero attached hydrogens (tertiary/aromatic N) is 4. The molecule has 2 unspecified atom stereocenters. The van der Waals surface area contributed by atoms with Gasteiger partial charge in [-0.1, -0.05) is 30.3 Å². The van der Waals surface area contributed by atoms with Gasteiger partial charge >= 0.3 is 0 Å². The van der Waals surface area contributed by atoms with Crippen LogP contribution in [0, 0.1) is 0 Å². The first-order chi connectivity index (χ1) is 11.8. The van der Waals surface area contributed by atoms with Gasteiger partial charge in [-0.3, -0.25) is 4.57 Å². The molecule has 24 heavy (non-hydrogen) atoms. The predicted molar refractivity (Wildman–Crippen MR) is 95.1 cm³/mol. The molecular weight excluding hydrogens is 300 g/mol. The number of aromatic nitrogens is 3. The fourth-order valence-electron chi connectivity index (χ4n) is 3.86. The van der Waals surface area contributed by atoms with Gasteiger partial charge in [0.1, 0.15) is 0 Å². The molecule has 2 atom stereocenters. The number of hydrogen-bond donors (Lipinski definition) is 0. The molecular formula is C19H26N4O. The summed E-state index contributed by atoms with van der Waals surface area (Å²) in [5.74, 6) is 1.96. The molecule has 2 aliphatic heterocycles. The van der Waals surface area contributed by atoms with Gasteiger partial charge in [0.25, 0.3) is 0 Å². The second-order valence-corrected chi connectivity index (χ2v) is 6.97. The highest BCUT2D eigenvalue weighted by Gasteiger charge is 2.28. The Kier molecular flexibility index (Phi) is 4.52. The Labute approximate surface area is 143 Å². The molecule has 2 aliphatic rings. The summed E-state index contributed by atoms with van der Waals surface area (Å²) in [6.07, 6.45) is 6.29. The lowest BCUT2D eigenvalue weighted by Crippen LogP contribution is -2.32. The van der Waals surface area contributed by atoms with E-state index in [1.165, 1.54) is 25.7 Å². The normalized spacial score (nSPS) is 24.5. The van der Waals surface area contributed by atoms with Crippen LogP contribution in [0.5, 0.6) is 0 Å². The third-order valence-electron chi connectivity index (χ3n) is 5.23. The quantitative estimate of drug-likeness (QED) is 0.862. The molecule has 4 rings (SSSR count). The van der Waals surface area contributed by atoms with Gasteiger partial charge in [-0.05, 0) is 39.0 Å². The summed E-state index contributed by atoms with van der Waals surface area (Å²) in [5.41, 5.74) is 1.12. The van der Waals surface area contributed by atoms with Crippen molar-refractivity contribution in [2.24, 2.45) is 0 Å². The summed E-state index contributed by atoms with van der Waals surface area (Å²) in [5, 5.41) is 9.12. The number of anilines is 1. The maximum atomic E-state index is 5.99. The van der Waals surface area contributed by atoms with Crippen molar-refractivity contribution in [1.82, 2.24) is 14.8 Å². The highest BCUT2D eigenvalue weighted by molar-refractivity contribution is 5.57. The van der Waals surface area contributed by atoms with Crippen LogP contribution in [0.3, 0.4) is 0 Å². The SMILES string of the molecule is CC1CCCN1c1nnc(-c2ccccc2)n1CC1CCCCO1. The van der Waals surface area contributed by atoms with Gasteiger partial charge in [0, 0.05) is 24.8 Å². The molecule has 2 aromatic rings. The third kappa shape index (κ3) is 3.05. The standard InChI is InChI=1S/C19H26N4O/c1-15-8-7-12-22(15)19-21-20-18(16-9-3-2-4-10-16)23(19)14-17-11-5-6-13-24-17/h2-4,9-10,15,17H,5-8,11-14H2,1H3. The number of hydrogen-bond acceptors (Lipinski definition) is 4. The van der Waals surface area contributed by atoms with Crippen LogP contribution in [0.1, 0.15) is 39.0 Å². The Bertz CT molecular complexity index is 663. The molecule has 5 nitrogen and oxygen atoms in total. The number of rotatable bonds is 4. The Morgan fingerprint density at radius 3 is 2.67 bits per heavy atom. The van der Waals surface area contributed by atoms with Gasteiger partial charge in [-0.25, -0.2) is 0 Å². The van der Waals surface area contributed by atoms with Crippen LogP contribution in [-0.4, -0.2) is 40.1 Å². The zero-order valence-electron chi connectivity index (χ0n) is 14.4. The minimum absolute atomic E-state index is 0.272. The summed E-state index contributed by atoms with van der Waals surface area (Å²) in [7, 11) is 0. The van der Waals surface area contributed by atoms with Crippen molar-refractivity contribution >= 4 is 5.95 Å². The van der Waals surface area contributed by atoms with Crippen molar-refractivity contribution in [3.63, 3.8) is 0 Å². The van der Waals surface area contributed by atoms with Crippen LogP contribution in [0.15, 0.2) is 30.3 Å². The molecule has 1 aromatic carbocycles. The van der Waals surface area contributed by atoms with E-state index in [0.29, 0.717) is 6.04 Å². The van der Waals surface area contributed by atoms with Gasteiger partial charge in [-0.2, -0.15) is 0 Å². The largest absolute Gasteiger partial charge is 0.376 e. The molecule has 5 heteroatoms. The second-order valence-electron chi connectivity index (χ2n) is 6.97. The summed E-state index contributed by atoms with van der Waals surface area (Å²) >= 11 is 0. The average Bonchev–Trinajstić information content (AvgIpc) is 3.22. The molecule has 0 radical (unpaired) electrons. The minimum Gasteiger partial charge on any atom is -0.376 e. The van der Waals surface area contributed by atoms with Crippen molar-refractivity contribution in [1.29, 1.82) is 0 Å². The Balaban J connectivity index is 1.69. The molecule has 0 aliphatic carbocycles. The maximum Gasteiger partial charge on any atom is 0.227 e. The zero-order valence-corrected chi connectivity index (χ0v) is 14.4. The van der Waals surface area contributed by atoms with Crippen molar-refractivity contribution in [3.05, 3.63) is 30.3 Å². The van der Waals surface area contributed by atoms with Crippen molar-refractivity contribution in [2.45, 2.75) is 57.7 Å². The van der Waals surface area contributed by atoms with Crippen LogP contribution in [0.4, 0.5) is 5.95 Å². The number of ether oxygens (including phenoxy) is 1. The van der Waals surface area contributed by atoms with Crippen molar-refractivity contribution in [2.75, 3.05) is 18.1 Å². The zero-order chi connectivity index (χ0) is 16.4. The molecule has 1 aromatic heterocycles. The van der Waals surface area contributed by atoms with Crippen LogP contribution in [-0.2, 0) is 11.3 Å². The second kappa shape index (κ2) is 6.93. The van der Waals surface area contributed by atoms with E-state index in [2.05, 4.69) is 50.9 Å². The summed E-state index contributed by atoms with van der Waals surface area (Å²) in [4.78, 5) is 2.41. The number of benzene rings is 1. The summed E-state index contributed by atoms with van der Waals surface area (Å²) in [6.45, 7) is 5.07. The van der Waals surface area contributed by atoms with Crippen LogP contribution < -0.4 is 4.90 Å². The fourth-order valence-corrected chi connectivity index (χ4v) is 3.86. The first kappa shape index (κ1) is 15.6. The highest BCUT2D eigenvalue weighted by Crippen LogP contribution is 2.29. The Morgan fingerprint density at radius 1 is 1.08 bits per heavy atom. The molecule has 0 saturated carbocycles. The van der Waals surface area contributed by atoms with E-state index in [-0.39, 0.29) is 6.10 Å². The molecule has 128 valence electrons. The van der Waals surface area contributed by atoms with Gasteiger partial charge in [0.2, 0.25) is 5.95 Å². The molecule has 2 saturated heterocycles. The van der Waals surface area contributed by atoms with E-state index in [9.17, 15) is 0 Å². The van der Waals surface area contributed by atoms with Crippen LogP contribution >= 0.6 is 0 Å². The minimum atomic E-state index is 0.272. The molecule has 0 spiro atoms. The molecule has 3 heterocycles. The smallest absolute Gasteiger partial charge is 0.227 e. The molecule has 0 N–H and O–H groups in total. The Morgan fingerprint density at radius 2 is 1.96 bits per heavy atom. The lowest BCUT2D eigenvalue weighted by molar-refractivity contribution is 0.00637. The van der Waals surface area contributed by atoms with Crippen LogP contribution in [0.2, 0.25) is 0 Å². The lowest BCUT2D eigenvalue weighted by atomic mass is 10.1. The van der Waals surface area contributed by atoms with E-state index in [0.717, 1.165) is 43.5 Å². The fraction of sp³-hybridized carbons (Fsp3) is 0.579. The predicted octanol–water partition coefficient (Wildman–Crippen LogP) is 3.50. The average molecular weight is 326 g/mol. The summed E-state index contributed by atoms with van der Waals surface area (Å²) < 4.78 is 8.28. The van der Waals surface area contributed by atoms with Gasteiger partial charge in [0.15, 0.2) is 5.82 Å². The topological polar surface area (TPSA) is 43.2 Å². The molecule has 2 fully saturated rings. The summed E-state index contributed by atoms with van der Waals surface area (Å²) in [6, 6.07) is 10.9.